The summed E-state index contributed by atoms with van der Waals surface area (Å²) in [6.07, 6.45) is -8.66. The van der Waals surface area contributed by atoms with Gasteiger partial charge in [0.2, 0.25) is 0 Å². The number of ether oxygens (including phenoxy) is 3. The average molecular weight is 551 g/mol. The average Bonchev–Trinajstić information content (AvgIpc) is 2.78. The van der Waals surface area contributed by atoms with Gasteiger partial charge in [-0.2, -0.15) is 13.2 Å². The minimum Gasteiger partial charge on any atom is -0.510 e. The van der Waals surface area contributed by atoms with Gasteiger partial charge in [-0.15, -0.1) is 13.2 Å². The highest BCUT2D eigenvalue weighted by Crippen LogP contribution is 2.40. The zero-order valence-corrected chi connectivity index (χ0v) is 20.5. The van der Waals surface area contributed by atoms with E-state index in [4.69, 9.17) is 15.2 Å². The Morgan fingerprint density at radius 3 is 2.10 bits per heavy atom. The molecule has 3 N–H and O–H groups in total. The smallest absolute Gasteiger partial charge is 0.510 e. The van der Waals surface area contributed by atoms with Gasteiger partial charge in [-0.3, -0.25) is 14.6 Å². The minimum absolute atomic E-state index is 0.00225. The van der Waals surface area contributed by atoms with Crippen LogP contribution in [0.15, 0.2) is 54.7 Å². The number of hydrogen-bond acceptors (Lipinski definition) is 6. The maximum absolute atomic E-state index is 13.4. The number of pyridine rings is 1. The van der Waals surface area contributed by atoms with E-state index >= 15 is 0 Å². The summed E-state index contributed by atoms with van der Waals surface area (Å²) >= 11 is 0. The number of halogens is 6. The van der Waals surface area contributed by atoms with Gasteiger partial charge in [0.1, 0.15) is 40.7 Å². The molecule has 0 aliphatic heterocycles. The summed E-state index contributed by atoms with van der Waals surface area (Å²) in [5, 5.41) is 1.40. The molecule has 0 bridgehead atoms. The van der Waals surface area contributed by atoms with E-state index < -0.39 is 46.5 Å². The van der Waals surface area contributed by atoms with Crippen molar-refractivity contribution >= 4 is 41.0 Å². The van der Waals surface area contributed by atoms with Crippen LogP contribution >= 0.6 is 0 Å². The molecule has 0 radical (unpaired) electrons. The molecule has 1 aromatic heterocycles. The van der Waals surface area contributed by atoms with E-state index in [-0.39, 0.29) is 28.6 Å². The molecule has 0 aliphatic carbocycles. The Hall–Kier alpha value is -4.30. The number of aromatic nitrogens is 1. The molecule has 3 aromatic rings. The number of primary amides is 1. The van der Waals surface area contributed by atoms with Gasteiger partial charge < -0.3 is 25.3 Å². The van der Waals surface area contributed by atoms with E-state index in [0.29, 0.717) is 12.1 Å². The van der Waals surface area contributed by atoms with E-state index in [2.05, 4.69) is 15.0 Å². The fraction of sp³-hybridized carbons (Fsp3) is 0.136. The lowest BCUT2D eigenvalue weighted by atomic mass is 9.52. The van der Waals surface area contributed by atoms with Crippen molar-refractivity contribution in [2.24, 2.45) is 5.73 Å². The zero-order valence-electron chi connectivity index (χ0n) is 20.5. The van der Waals surface area contributed by atoms with E-state index in [9.17, 15) is 35.9 Å². The lowest BCUT2D eigenvalue weighted by molar-refractivity contribution is -0.274. The Kier molecular flexibility index (Phi) is 8.12. The molecule has 2 amide bonds. The van der Waals surface area contributed by atoms with Crippen molar-refractivity contribution in [1.29, 1.82) is 0 Å². The van der Waals surface area contributed by atoms with Crippen LogP contribution < -0.4 is 25.3 Å². The predicted molar refractivity (Wildman–Crippen MR) is 134 cm³/mol. The summed E-state index contributed by atoms with van der Waals surface area (Å²) in [6, 6.07) is 7.30. The predicted octanol–water partition coefficient (Wildman–Crippen LogP) is 2.03. The van der Waals surface area contributed by atoms with Crippen LogP contribution in [0.1, 0.15) is 26.4 Å². The maximum Gasteiger partial charge on any atom is 0.573 e. The maximum atomic E-state index is 13.4. The van der Waals surface area contributed by atoms with Crippen molar-refractivity contribution in [3.63, 3.8) is 0 Å². The van der Waals surface area contributed by atoms with Crippen molar-refractivity contribution < 1.29 is 50.1 Å². The second kappa shape index (κ2) is 10.8. The number of benzene rings is 2. The van der Waals surface area contributed by atoms with Crippen LogP contribution in [0.3, 0.4) is 0 Å². The van der Waals surface area contributed by atoms with E-state index in [1.165, 1.54) is 6.07 Å². The molecular weight excluding hydrogens is 533 g/mol. The summed E-state index contributed by atoms with van der Waals surface area (Å²) in [4.78, 5) is 28.1. The van der Waals surface area contributed by atoms with Gasteiger partial charge in [0.25, 0.3) is 11.8 Å². The molecule has 0 saturated carbocycles. The first kappa shape index (κ1) is 29.3. The van der Waals surface area contributed by atoms with Gasteiger partial charge in [-0.25, -0.2) is 0 Å². The van der Waals surface area contributed by atoms with Gasteiger partial charge >= 0.3 is 12.5 Å². The van der Waals surface area contributed by atoms with Crippen molar-refractivity contribution in [3.05, 3.63) is 71.5 Å². The second-order valence-corrected chi connectivity index (χ2v) is 8.93. The van der Waals surface area contributed by atoms with Crippen molar-refractivity contribution in [3.8, 4) is 23.0 Å². The molecule has 202 valence electrons. The highest BCUT2D eigenvalue weighted by Gasteiger charge is 2.33. The number of carbonyl (C=O) groups excluding carboxylic acids is 2. The largest absolute Gasteiger partial charge is 0.573 e. The highest BCUT2D eigenvalue weighted by molar-refractivity contribution is 6.58. The first-order valence-corrected chi connectivity index (χ1v) is 11.0. The number of nitrogens with zero attached hydrogens (tertiary/aromatic N) is 1. The van der Waals surface area contributed by atoms with E-state index in [0.717, 1.165) is 36.5 Å². The molecule has 0 saturated heterocycles. The minimum atomic E-state index is -5.00. The summed E-state index contributed by atoms with van der Waals surface area (Å²) in [5.74, 6) is -3.44. The Morgan fingerprint density at radius 2 is 1.51 bits per heavy atom. The van der Waals surface area contributed by atoms with E-state index in [1.807, 2.05) is 0 Å². The van der Waals surface area contributed by atoms with Crippen LogP contribution in [-0.2, 0) is 6.18 Å². The Labute approximate surface area is 220 Å². The quantitative estimate of drug-likeness (QED) is 0.328. The van der Waals surface area contributed by atoms with Crippen LogP contribution in [0.25, 0.3) is 0 Å². The standard InChI is InChI=1S/C22H18B3F6N3O5/c23-21(24,25)39-17-9-12(38-22(29,30)31)2-4-16(17)37-15-3-1-10(20(26,27)28)7-13(15)19(36)34-11-5-6-33-14(8-11)18(32)35/h1-9H,23-25H2,(H2,32,35)(H,33,34,36). The fourth-order valence-electron chi connectivity index (χ4n) is 3.11. The van der Waals surface area contributed by atoms with Crippen LogP contribution in [0.5, 0.6) is 23.0 Å². The monoisotopic (exact) mass is 551 g/mol. The highest BCUT2D eigenvalue weighted by atomic mass is 19.4. The van der Waals surface area contributed by atoms with Gasteiger partial charge in [0, 0.05) is 23.2 Å². The van der Waals surface area contributed by atoms with Gasteiger partial charge in [-0.1, -0.05) is 0 Å². The Morgan fingerprint density at radius 1 is 0.846 bits per heavy atom. The number of nitrogens with one attached hydrogen (secondary N) is 1. The third-order valence-corrected chi connectivity index (χ3v) is 4.61. The first-order valence-electron chi connectivity index (χ1n) is 11.0. The van der Waals surface area contributed by atoms with Crippen molar-refractivity contribution in [1.82, 2.24) is 4.98 Å². The SMILES string of the molecule is BC(B)(B)Oc1cc(OC(F)(F)F)ccc1Oc1ccc(C(F)(F)F)cc1C(=O)Nc1ccnc(C(N)=O)c1. The Balaban J connectivity index is 2.05. The van der Waals surface area contributed by atoms with Crippen LogP contribution in [-0.4, -0.2) is 52.0 Å². The first-order chi connectivity index (χ1) is 17.9. The number of rotatable bonds is 8. The summed E-state index contributed by atoms with van der Waals surface area (Å²) < 4.78 is 93.7. The molecule has 8 nitrogen and oxygen atoms in total. The van der Waals surface area contributed by atoms with Crippen LogP contribution in [0, 0.1) is 0 Å². The molecule has 0 atom stereocenters. The number of hydrogen-bond donors (Lipinski definition) is 2. The van der Waals surface area contributed by atoms with Crippen LogP contribution in [0.4, 0.5) is 32.0 Å². The van der Waals surface area contributed by atoms with Crippen molar-refractivity contribution in [2.75, 3.05) is 5.32 Å². The van der Waals surface area contributed by atoms with Crippen LogP contribution in [0.2, 0.25) is 0 Å². The molecule has 3 rings (SSSR count). The Bertz CT molecular complexity index is 1400. The molecule has 2 aromatic carbocycles. The van der Waals surface area contributed by atoms with E-state index in [1.54, 1.807) is 23.5 Å². The molecule has 17 heteroatoms. The number of carbonyl (C=O) groups is 2. The van der Waals surface area contributed by atoms with Gasteiger partial charge in [-0.05, 0) is 42.5 Å². The molecule has 0 fully saturated rings. The lowest BCUT2D eigenvalue weighted by Gasteiger charge is -2.24. The summed E-state index contributed by atoms with van der Waals surface area (Å²) in [6.45, 7) is 0. The molecule has 0 spiro atoms. The summed E-state index contributed by atoms with van der Waals surface area (Å²) in [5.41, 5.74) is 3.19. The molecule has 0 aliphatic rings. The molecule has 1 heterocycles. The third kappa shape index (κ3) is 8.35. The second-order valence-electron chi connectivity index (χ2n) is 8.93. The lowest BCUT2D eigenvalue weighted by Crippen LogP contribution is -2.37. The van der Waals surface area contributed by atoms with Crippen molar-refractivity contribution in [2.45, 2.75) is 17.8 Å². The molecule has 39 heavy (non-hydrogen) atoms. The normalized spacial score (nSPS) is 11.9. The van der Waals surface area contributed by atoms with Gasteiger partial charge in [0.15, 0.2) is 11.5 Å². The fourth-order valence-corrected chi connectivity index (χ4v) is 3.11. The molecular formula is C22H18B3F6N3O5. The number of anilines is 1. The molecule has 0 unspecified atom stereocenters. The van der Waals surface area contributed by atoms with Gasteiger partial charge in [0.05, 0.1) is 11.1 Å². The number of amides is 2. The zero-order chi connectivity index (χ0) is 29.2. The number of alkyl halides is 6. The topological polar surface area (TPSA) is 113 Å². The number of nitrogens with two attached hydrogens (primary N) is 1. The summed E-state index contributed by atoms with van der Waals surface area (Å²) in [7, 11) is 4.79. The third-order valence-electron chi connectivity index (χ3n) is 4.61.